The van der Waals surface area contributed by atoms with E-state index in [4.69, 9.17) is 18.9 Å². The second kappa shape index (κ2) is 9.56. The molecule has 2 aliphatic rings. The Labute approximate surface area is 192 Å². The molecular weight excluding hydrogens is 430 g/mol. The highest BCUT2D eigenvalue weighted by atomic mass is 16.5. The highest BCUT2D eigenvalue weighted by Crippen LogP contribution is 2.48. The average Bonchev–Trinajstić information content (AvgIpc) is 2.78. The number of dihydropyridines is 1. The lowest BCUT2D eigenvalue weighted by molar-refractivity contribution is -0.151. The third-order valence-corrected chi connectivity index (χ3v) is 6.07. The summed E-state index contributed by atoms with van der Waals surface area (Å²) in [5, 5.41) is 13.6. The number of hydrogen-bond donors (Lipinski definition) is 2. The number of methoxy groups -OCH3 is 3. The molecule has 3 rings (SSSR count). The van der Waals surface area contributed by atoms with Crippen LogP contribution in [0, 0.1) is 11.8 Å². The van der Waals surface area contributed by atoms with Crippen LogP contribution in [0.2, 0.25) is 0 Å². The van der Waals surface area contributed by atoms with Crippen LogP contribution in [0.5, 0.6) is 17.2 Å². The normalized spacial score (nSPS) is 22.4. The molecule has 2 N–H and O–H groups in total. The molecule has 33 heavy (non-hydrogen) atoms. The number of phenolic OH excluding ortho intramolecular Hbond substituents is 1. The minimum absolute atomic E-state index is 0.118. The molecule has 0 unspecified atom stereocenters. The van der Waals surface area contributed by atoms with Crippen molar-refractivity contribution in [1.82, 2.24) is 5.32 Å². The molecule has 0 amide bonds. The average molecular weight is 459 g/mol. The number of allylic oxidation sites excluding steroid dienone is 3. The molecule has 0 fully saturated rings. The molecule has 9 nitrogen and oxygen atoms in total. The summed E-state index contributed by atoms with van der Waals surface area (Å²) in [7, 11) is 4.02. The van der Waals surface area contributed by atoms with Crippen molar-refractivity contribution >= 4 is 17.7 Å². The number of nitrogens with one attached hydrogen (secondary N) is 1. The fourth-order valence-electron chi connectivity index (χ4n) is 4.57. The van der Waals surface area contributed by atoms with Gasteiger partial charge in [-0.3, -0.25) is 9.59 Å². The standard InChI is InChI=1S/C24H29NO8/c1-7-33-24(29)18-12(3)25-14-8-11(2)17(23(28)32-6)22(27)20(14)19(18)13-9-15(30-4)21(26)16(10-13)31-5/h9-11,17,19,25-26H,7-8H2,1-6H3/t11-,17+,19+/m0/s1. The highest BCUT2D eigenvalue weighted by Gasteiger charge is 2.47. The van der Waals surface area contributed by atoms with E-state index in [1.54, 1.807) is 26.0 Å². The fraction of sp³-hybridized carbons (Fsp3) is 0.458. The number of phenols is 1. The monoisotopic (exact) mass is 459 g/mol. The molecule has 0 saturated heterocycles. The number of ether oxygens (including phenoxy) is 4. The third kappa shape index (κ3) is 4.15. The van der Waals surface area contributed by atoms with Gasteiger partial charge in [-0.2, -0.15) is 0 Å². The minimum atomic E-state index is -0.999. The largest absolute Gasteiger partial charge is 0.502 e. The Balaban J connectivity index is 2.28. The van der Waals surface area contributed by atoms with Crippen LogP contribution in [0.15, 0.2) is 34.7 Å². The van der Waals surface area contributed by atoms with Gasteiger partial charge in [0, 0.05) is 22.9 Å². The number of ketones is 1. The summed E-state index contributed by atoms with van der Waals surface area (Å²) in [5.74, 6) is -3.77. The third-order valence-electron chi connectivity index (χ3n) is 6.07. The Morgan fingerprint density at radius 2 is 1.76 bits per heavy atom. The van der Waals surface area contributed by atoms with Gasteiger partial charge >= 0.3 is 11.9 Å². The van der Waals surface area contributed by atoms with Gasteiger partial charge in [0.05, 0.1) is 33.5 Å². The molecule has 1 aromatic carbocycles. The van der Waals surface area contributed by atoms with E-state index in [1.165, 1.54) is 21.3 Å². The van der Waals surface area contributed by atoms with E-state index >= 15 is 0 Å². The van der Waals surface area contributed by atoms with E-state index in [0.29, 0.717) is 23.4 Å². The summed E-state index contributed by atoms with van der Waals surface area (Å²) in [6.07, 6.45) is 0.414. The van der Waals surface area contributed by atoms with Crippen LogP contribution in [-0.4, -0.2) is 50.8 Å². The van der Waals surface area contributed by atoms with Gasteiger partial charge in [-0.1, -0.05) is 6.92 Å². The van der Waals surface area contributed by atoms with Crippen molar-refractivity contribution in [2.45, 2.75) is 33.1 Å². The minimum Gasteiger partial charge on any atom is -0.502 e. The number of carbonyl (C=O) groups is 3. The predicted octanol–water partition coefficient (Wildman–Crippen LogP) is 2.59. The highest BCUT2D eigenvalue weighted by molar-refractivity contribution is 6.12. The second-order valence-electron chi connectivity index (χ2n) is 8.03. The van der Waals surface area contributed by atoms with Gasteiger partial charge in [0.15, 0.2) is 17.3 Å². The van der Waals surface area contributed by atoms with Crippen molar-refractivity contribution < 1.29 is 38.4 Å². The lowest BCUT2D eigenvalue weighted by atomic mass is 9.69. The van der Waals surface area contributed by atoms with E-state index < -0.39 is 29.6 Å². The van der Waals surface area contributed by atoms with Gasteiger partial charge in [-0.15, -0.1) is 0 Å². The first-order valence-electron chi connectivity index (χ1n) is 10.6. The zero-order chi connectivity index (χ0) is 24.4. The molecule has 3 atom stereocenters. The molecule has 1 aliphatic carbocycles. The van der Waals surface area contributed by atoms with Crippen LogP contribution in [0.25, 0.3) is 0 Å². The summed E-state index contributed by atoms with van der Waals surface area (Å²) in [6.45, 7) is 5.38. The summed E-state index contributed by atoms with van der Waals surface area (Å²) < 4.78 is 20.8. The number of aromatic hydroxyl groups is 1. The van der Waals surface area contributed by atoms with Gasteiger partial charge in [0.2, 0.25) is 5.75 Å². The molecule has 1 heterocycles. The molecule has 9 heteroatoms. The van der Waals surface area contributed by atoms with Gasteiger partial charge in [0.25, 0.3) is 0 Å². The molecule has 0 saturated carbocycles. The molecular formula is C24H29NO8. The first-order chi connectivity index (χ1) is 15.7. The summed E-state index contributed by atoms with van der Waals surface area (Å²) in [5.41, 5.74) is 2.17. The quantitative estimate of drug-likeness (QED) is 0.488. The maximum absolute atomic E-state index is 13.7. The number of carbonyl (C=O) groups excluding carboxylic acids is 3. The Kier molecular flexibility index (Phi) is 7.00. The zero-order valence-corrected chi connectivity index (χ0v) is 19.6. The number of esters is 2. The first kappa shape index (κ1) is 24.2. The van der Waals surface area contributed by atoms with Crippen LogP contribution in [0.1, 0.15) is 38.7 Å². The topological polar surface area (TPSA) is 120 Å². The maximum atomic E-state index is 13.7. The molecule has 1 aromatic rings. The predicted molar refractivity (Wildman–Crippen MR) is 118 cm³/mol. The van der Waals surface area contributed by atoms with Crippen molar-refractivity contribution in [3.63, 3.8) is 0 Å². The molecule has 1 aliphatic heterocycles. The zero-order valence-electron chi connectivity index (χ0n) is 19.6. The molecule has 0 aromatic heterocycles. The van der Waals surface area contributed by atoms with E-state index in [9.17, 15) is 19.5 Å². The summed E-state index contributed by atoms with van der Waals surface area (Å²) in [6, 6.07) is 3.09. The maximum Gasteiger partial charge on any atom is 0.336 e. The lowest BCUT2D eigenvalue weighted by Crippen LogP contribution is -2.43. The van der Waals surface area contributed by atoms with Gasteiger partial charge in [0.1, 0.15) is 5.92 Å². The molecule has 0 radical (unpaired) electrons. The van der Waals surface area contributed by atoms with E-state index in [-0.39, 0.29) is 40.9 Å². The van der Waals surface area contributed by atoms with Crippen molar-refractivity contribution in [3.05, 3.63) is 40.2 Å². The number of hydrogen-bond acceptors (Lipinski definition) is 9. The van der Waals surface area contributed by atoms with Crippen LogP contribution in [0.4, 0.5) is 0 Å². The van der Waals surface area contributed by atoms with Crippen molar-refractivity contribution in [2.24, 2.45) is 11.8 Å². The van der Waals surface area contributed by atoms with Gasteiger partial charge in [-0.25, -0.2) is 4.79 Å². The van der Waals surface area contributed by atoms with Crippen molar-refractivity contribution in [1.29, 1.82) is 0 Å². The van der Waals surface area contributed by atoms with E-state index in [2.05, 4.69) is 5.32 Å². The van der Waals surface area contributed by atoms with Gasteiger partial charge < -0.3 is 29.4 Å². The Hall–Kier alpha value is -3.49. The van der Waals surface area contributed by atoms with Crippen molar-refractivity contribution in [2.75, 3.05) is 27.9 Å². The Morgan fingerprint density at radius 1 is 1.15 bits per heavy atom. The summed E-state index contributed by atoms with van der Waals surface area (Å²) in [4.78, 5) is 39.2. The van der Waals surface area contributed by atoms with Crippen LogP contribution < -0.4 is 14.8 Å². The first-order valence-corrected chi connectivity index (χ1v) is 10.6. The molecule has 178 valence electrons. The Bertz CT molecular complexity index is 1030. The van der Waals surface area contributed by atoms with Crippen LogP contribution in [-0.2, 0) is 23.9 Å². The summed E-state index contributed by atoms with van der Waals surface area (Å²) >= 11 is 0. The van der Waals surface area contributed by atoms with Gasteiger partial charge in [-0.05, 0) is 43.9 Å². The molecule has 0 spiro atoms. The lowest BCUT2D eigenvalue weighted by Gasteiger charge is -2.38. The second-order valence-corrected chi connectivity index (χ2v) is 8.03. The molecule has 0 bridgehead atoms. The smallest absolute Gasteiger partial charge is 0.336 e. The fourth-order valence-corrected chi connectivity index (χ4v) is 4.57. The number of Topliss-reactive ketones (excluding diaryl/α,β-unsaturated/α-hetero) is 1. The Morgan fingerprint density at radius 3 is 2.27 bits per heavy atom. The van der Waals surface area contributed by atoms with Crippen LogP contribution in [0.3, 0.4) is 0 Å². The number of benzene rings is 1. The van der Waals surface area contributed by atoms with E-state index in [0.717, 1.165) is 0 Å². The van der Waals surface area contributed by atoms with Crippen LogP contribution >= 0.6 is 0 Å². The van der Waals surface area contributed by atoms with E-state index in [1.807, 2.05) is 6.92 Å². The number of rotatable bonds is 6. The SMILES string of the molecule is CCOC(=O)C1=C(C)NC2=C(C(=O)[C@H](C(=O)OC)[C@@H](C)C2)[C@@H]1c1cc(OC)c(O)c(OC)c1. The van der Waals surface area contributed by atoms with Crippen molar-refractivity contribution in [3.8, 4) is 17.2 Å².